The summed E-state index contributed by atoms with van der Waals surface area (Å²) in [5.41, 5.74) is -1.69. The molecule has 32 heavy (non-hydrogen) atoms. The van der Waals surface area contributed by atoms with Crippen LogP contribution in [-0.4, -0.2) is 21.9 Å². The van der Waals surface area contributed by atoms with Crippen LogP contribution < -0.4 is 5.56 Å². The fourth-order valence-electron chi connectivity index (χ4n) is 2.96. The van der Waals surface area contributed by atoms with Crippen LogP contribution in [-0.2, 0) is 11.3 Å². The number of H-pyrrole nitrogens is 1. The standard InChI is InChI=1S/C20H13ClN4O7/c1-31-10-15-14(9-22)20(26)23-17(19(15)25(29)30)6-3-12-4-7-18(32-12)13-5-2-11(24(27)28)8-16(13)21/h2-8H,10H2,1H3,(H,23,26)/b6-3+. The van der Waals surface area contributed by atoms with Gasteiger partial charge in [-0.15, -0.1) is 0 Å². The third-order valence-electron chi connectivity index (χ3n) is 4.37. The van der Waals surface area contributed by atoms with Crippen molar-refractivity contribution in [2.24, 2.45) is 0 Å². The largest absolute Gasteiger partial charge is 0.457 e. The summed E-state index contributed by atoms with van der Waals surface area (Å²) in [5.74, 6) is 0.578. The van der Waals surface area contributed by atoms with Gasteiger partial charge in [0, 0.05) is 24.8 Å². The van der Waals surface area contributed by atoms with Gasteiger partial charge in [-0.05, 0) is 30.4 Å². The van der Waals surface area contributed by atoms with Gasteiger partial charge in [-0.3, -0.25) is 25.0 Å². The Morgan fingerprint density at radius 2 is 1.97 bits per heavy atom. The van der Waals surface area contributed by atoms with Crippen molar-refractivity contribution in [3.05, 3.63) is 88.5 Å². The van der Waals surface area contributed by atoms with Gasteiger partial charge in [0.15, 0.2) is 0 Å². The van der Waals surface area contributed by atoms with Crippen LogP contribution in [0.2, 0.25) is 5.02 Å². The number of benzene rings is 1. The third-order valence-corrected chi connectivity index (χ3v) is 4.68. The second-order valence-corrected chi connectivity index (χ2v) is 6.74. The van der Waals surface area contributed by atoms with Gasteiger partial charge in [0.2, 0.25) is 0 Å². The first-order chi connectivity index (χ1) is 15.3. The highest BCUT2D eigenvalue weighted by molar-refractivity contribution is 6.33. The number of nitro groups is 2. The molecule has 0 aliphatic carbocycles. The fraction of sp³-hybridized carbons (Fsp3) is 0.100. The molecule has 0 radical (unpaired) electrons. The van der Waals surface area contributed by atoms with Crippen molar-refractivity contribution in [3.8, 4) is 17.4 Å². The second kappa shape index (κ2) is 9.25. The third kappa shape index (κ3) is 4.41. The summed E-state index contributed by atoms with van der Waals surface area (Å²) in [5, 5.41) is 31.7. The summed E-state index contributed by atoms with van der Waals surface area (Å²) in [7, 11) is 1.29. The lowest BCUT2D eigenvalue weighted by Gasteiger charge is -2.06. The number of furan rings is 1. The Labute approximate surface area is 184 Å². The smallest absolute Gasteiger partial charge is 0.299 e. The molecule has 0 saturated carbocycles. The average molecular weight is 457 g/mol. The van der Waals surface area contributed by atoms with E-state index in [-0.39, 0.29) is 34.3 Å². The Bertz CT molecular complexity index is 1350. The van der Waals surface area contributed by atoms with Crippen molar-refractivity contribution in [2.75, 3.05) is 7.11 Å². The first-order valence-corrected chi connectivity index (χ1v) is 9.19. The normalized spacial score (nSPS) is 10.9. The van der Waals surface area contributed by atoms with Crippen molar-refractivity contribution < 1.29 is 19.0 Å². The minimum absolute atomic E-state index is 0.111. The lowest BCUT2D eigenvalue weighted by Crippen LogP contribution is -2.18. The predicted octanol–water partition coefficient (Wildman–Crippen LogP) is 4.29. The van der Waals surface area contributed by atoms with Crippen LogP contribution in [0.25, 0.3) is 23.5 Å². The van der Waals surface area contributed by atoms with E-state index in [4.69, 9.17) is 20.8 Å². The summed E-state index contributed by atoms with van der Waals surface area (Å²) in [4.78, 5) is 35.7. The molecule has 0 aliphatic rings. The molecule has 0 aliphatic heterocycles. The van der Waals surface area contributed by atoms with Gasteiger partial charge >= 0.3 is 0 Å². The van der Waals surface area contributed by atoms with E-state index >= 15 is 0 Å². The van der Waals surface area contributed by atoms with Gasteiger partial charge in [-0.2, -0.15) is 5.26 Å². The number of nitrogens with zero attached hydrogens (tertiary/aromatic N) is 3. The van der Waals surface area contributed by atoms with E-state index < -0.39 is 26.7 Å². The summed E-state index contributed by atoms with van der Waals surface area (Å²) in [6.45, 7) is -0.298. The Morgan fingerprint density at radius 1 is 1.22 bits per heavy atom. The molecule has 11 nitrogen and oxygen atoms in total. The zero-order chi connectivity index (χ0) is 23.4. The molecule has 162 valence electrons. The number of hydrogen-bond donors (Lipinski definition) is 1. The monoisotopic (exact) mass is 456 g/mol. The van der Waals surface area contributed by atoms with Crippen molar-refractivity contribution in [3.63, 3.8) is 0 Å². The molecule has 0 bridgehead atoms. The number of rotatable bonds is 7. The second-order valence-electron chi connectivity index (χ2n) is 6.33. The summed E-state index contributed by atoms with van der Waals surface area (Å²) >= 11 is 6.10. The molecule has 1 N–H and O–H groups in total. The number of aromatic amines is 1. The molecular formula is C20H13ClN4O7. The molecule has 0 fully saturated rings. The van der Waals surface area contributed by atoms with Crippen LogP contribution in [0.5, 0.6) is 0 Å². The molecule has 2 heterocycles. The Morgan fingerprint density at radius 3 is 2.56 bits per heavy atom. The van der Waals surface area contributed by atoms with Crippen molar-refractivity contribution in [1.29, 1.82) is 5.26 Å². The maximum absolute atomic E-state index is 12.2. The first-order valence-electron chi connectivity index (χ1n) is 8.81. The molecule has 0 saturated heterocycles. The van der Waals surface area contributed by atoms with Gasteiger partial charge in [-0.25, -0.2) is 0 Å². The van der Waals surface area contributed by atoms with E-state index in [0.717, 1.165) is 0 Å². The van der Waals surface area contributed by atoms with Crippen molar-refractivity contribution in [2.45, 2.75) is 6.61 Å². The quantitative estimate of drug-likeness (QED) is 0.405. The number of pyridine rings is 1. The summed E-state index contributed by atoms with van der Waals surface area (Å²) in [6.07, 6.45) is 2.64. The number of halogens is 1. The number of nitrogens with one attached hydrogen (secondary N) is 1. The zero-order valence-electron chi connectivity index (χ0n) is 16.3. The number of aromatic nitrogens is 1. The average Bonchev–Trinajstić information content (AvgIpc) is 3.20. The van der Waals surface area contributed by atoms with Crippen LogP contribution in [0.1, 0.15) is 22.6 Å². The van der Waals surface area contributed by atoms with Crippen LogP contribution in [0.4, 0.5) is 11.4 Å². The molecule has 0 unspecified atom stereocenters. The predicted molar refractivity (Wildman–Crippen MR) is 114 cm³/mol. The molecule has 0 amide bonds. The maximum atomic E-state index is 12.2. The lowest BCUT2D eigenvalue weighted by molar-refractivity contribution is -0.386. The Kier molecular flexibility index (Phi) is 6.48. The van der Waals surface area contributed by atoms with Crippen LogP contribution >= 0.6 is 11.6 Å². The van der Waals surface area contributed by atoms with E-state index in [2.05, 4.69) is 4.98 Å². The number of ether oxygens (including phenoxy) is 1. The van der Waals surface area contributed by atoms with Crippen LogP contribution in [0.3, 0.4) is 0 Å². The first kappa shape index (κ1) is 22.4. The number of nitro benzene ring substituents is 1. The minimum atomic E-state index is -0.789. The molecule has 0 spiro atoms. The highest BCUT2D eigenvalue weighted by Crippen LogP contribution is 2.33. The SMILES string of the molecule is COCc1c([N+](=O)[O-])c(/C=C/c2ccc(-c3ccc([N+](=O)[O-])cc3Cl)o2)[nH]c(=O)c1C#N. The molecule has 0 atom stereocenters. The highest BCUT2D eigenvalue weighted by Gasteiger charge is 2.25. The molecule has 3 aromatic rings. The fourth-order valence-corrected chi connectivity index (χ4v) is 3.23. The highest BCUT2D eigenvalue weighted by atomic mass is 35.5. The molecular weight excluding hydrogens is 444 g/mol. The number of non-ortho nitro benzene ring substituents is 1. The van der Waals surface area contributed by atoms with Gasteiger partial charge in [0.1, 0.15) is 28.8 Å². The molecule has 1 aromatic carbocycles. The Hall–Kier alpha value is -4.27. The number of nitriles is 1. The van der Waals surface area contributed by atoms with Gasteiger partial charge in [-0.1, -0.05) is 11.6 Å². The van der Waals surface area contributed by atoms with Crippen molar-refractivity contribution >= 4 is 35.1 Å². The summed E-state index contributed by atoms with van der Waals surface area (Å²) < 4.78 is 10.6. The van der Waals surface area contributed by atoms with E-state index in [1.807, 2.05) is 0 Å². The van der Waals surface area contributed by atoms with Gasteiger partial charge in [0.25, 0.3) is 16.9 Å². The summed E-state index contributed by atoms with van der Waals surface area (Å²) in [6, 6.07) is 8.68. The van der Waals surface area contributed by atoms with E-state index in [0.29, 0.717) is 11.3 Å². The van der Waals surface area contributed by atoms with E-state index in [1.54, 1.807) is 18.2 Å². The van der Waals surface area contributed by atoms with E-state index in [1.165, 1.54) is 37.5 Å². The number of methoxy groups -OCH3 is 1. The zero-order valence-corrected chi connectivity index (χ0v) is 17.1. The van der Waals surface area contributed by atoms with E-state index in [9.17, 15) is 30.3 Å². The van der Waals surface area contributed by atoms with Crippen LogP contribution in [0, 0.1) is 31.6 Å². The minimum Gasteiger partial charge on any atom is -0.457 e. The van der Waals surface area contributed by atoms with Gasteiger partial charge < -0.3 is 14.1 Å². The maximum Gasteiger partial charge on any atom is 0.299 e. The van der Waals surface area contributed by atoms with Crippen LogP contribution in [0.15, 0.2) is 39.5 Å². The van der Waals surface area contributed by atoms with Gasteiger partial charge in [0.05, 0.1) is 27.0 Å². The molecule has 3 rings (SSSR count). The molecule has 2 aromatic heterocycles. The Balaban J connectivity index is 2.00. The topological polar surface area (TPSA) is 165 Å². The van der Waals surface area contributed by atoms with Crippen molar-refractivity contribution in [1.82, 2.24) is 4.98 Å². The lowest BCUT2D eigenvalue weighted by atomic mass is 10.1. The molecule has 12 heteroatoms. The number of hydrogen-bond acceptors (Lipinski definition) is 8.